The first-order chi connectivity index (χ1) is 10.0. The van der Waals surface area contributed by atoms with Crippen LogP contribution in [-0.4, -0.2) is 49.8 Å². The monoisotopic (exact) mass is 313 g/mol. The van der Waals surface area contributed by atoms with E-state index < -0.39 is 35.3 Å². The van der Waals surface area contributed by atoms with E-state index in [1.165, 1.54) is 12.3 Å². The average molecular weight is 313 g/mol. The van der Waals surface area contributed by atoms with Crippen molar-refractivity contribution in [2.45, 2.75) is 57.3 Å². The van der Waals surface area contributed by atoms with Crippen LogP contribution in [0.25, 0.3) is 0 Å². The number of anilines is 1. The summed E-state index contributed by atoms with van der Waals surface area (Å²) < 4.78 is 12.5. The molecule has 0 unspecified atom stereocenters. The average Bonchev–Trinajstić information content (AvgIpc) is 2.61. The molecular formula is C14H23N3O5. The lowest BCUT2D eigenvalue weighted by Gasteiger charge is -2.31. The summed E-state index contributed by atoms with van der Waals surface area (Å²) in [4.78, 5) is 15.5. The standard InChI is InChI=1S/C14H23N3O5/c1-13(2,3)21-7-14(4)10(19)9(18)11(22-14)17-6-5-8(15)16-12(17)20/h5-6,9-11,18-19H,7H2,1-4H3,(H2,15,16,20)/t9-,10+,11-,14-/m1/s1. The van der Waals surface area contributed by atoms with Crippen molar-refractivity contribution in [3.05, 3.63) is 22.7 Å². The van der Waals surface area contributed by atoms with Gasteiger partial charge in [0.25, 0.3) is 0 Å². The summed E-state index contributed by atoms with van der Waals surface area (Å²) in [5.74, 6) is 0.0770. The van der Waals surface area contributed by atoms with E-state index >= 15 is 0 Å². The largest absolute Gasteiger partial charge is 0.387 e. The van der Waals surface area contributed by atoms with Crippen molar-refractivity contribution in [3.63, 3.8) is 0 Å². The Balaban J connectivity index is 2.24. The Hall–Kier alpha value is -1.48. The molecule has 4 N–H and O–H groups in total. The molecule has 0 aliphatic carbocycles. The Labute approximate surface area is 128 Å². The van der Waals surface area contributed by atoms with Crippen molar-refractivity contribution in [2.75, 3.05) is 12.3 Å². The van der Waals surface area contributed by atoms with Crippen LogP contribution in [0.15, 0.2) is 17.1 Å². The van der Waals surface area contributed by atoms with Gasteiger partial charge >= 0.3 is 5.69 Å². The smallest absolute Gasteiger partial charge is 0.351 e. The molecule has 1 aromatic rings. The van der Waals surface area contributed by atoms with Crippen LogP contribution in [0, 0.1) is 0 Å². The van der Waals surface area contributed by atoms with Gasteiger partial charge in [-0.25, -0.2) is 4.79 Å². The highest BCUT2D eigenvalue weighted by Gasteiger charge is 2.52. The highest BCUT2D eigenvalue weighted by atomic mass is 16.6. The number of nitrogens with zero attached hydrogens (tertiary/aromatic N) is 2. The maximum Gasteiger partial charge on any atom is 0.351 e. The van der Waals surface area contributed by atoms with Crippen LogP contribution in [0.2, 0.25) is 0 Å². The third-order valence-corrected chi connectivity index (χ3v) is 3.55. The van der Waals surface area contributed by atoms with Crippen LogP contribution in [0.5, 0.6) is 0 Å². The van der Waals surface area contributed by atoms with Crippen molar-refractivity contribution in [2.24, 2.45) is 0 Å². The fourth-order valence-electron chi connectivity index (χ4n) is 2.25. The second-order valence-electron chi connectivity index (χ2n) is 6.70. The lowest BCUT2D eigenvalue weighted by atomic mass is 9.98. The topological polar surface area (TPSA) is 120 Å². The Morgan fingerprint density at radius 1 is 1.50 bits per heavy atom. The molecule has 1 fully saturated rings. The number of nitrogen functional groups attached to an aromatic ring is 1. The van der Waals surface area contributed by atoms with E-state index in [0.29, 0.717) is 0 Å². The molecule has 1 aromatic heterocycles. The molecule has 8 heteroatoms. The van der Waals surface area contributed by atoms with Crippen molar-refractivity contribution in [3.8, 4) is 0 Å². The van der Waals surface area contributed by atoms with E-state index in [1.54, 1.807) is 6.92 Å². The molecule has 4 atom stereocenters. The van der Waals surface area contributed by atoms with Crippen molar-refractivity contribution in [1.29, 1.82) is 0 Å². The number of rotatable bonds is 3. The Kier molecular flexibility index (Phi) is 4.31. The second-order valence-corrected chi connectivity index (χ2v) is 6.70. The van der Waals surface area contributed by atoms with E-state index in [4.69, 9.17) is 15.2 Å². The maximum atomic E-state index is 11.9. The SMILES string of the molecule is CC(C)(C)OC[C@@]1(C)O[C@@H](n2ccc(N)nc2=O)[C@H](O)[C@@H]1O. The summed E-state index contributed by atoms with van der Waals surface area (Å²) >= 11 is 0. The van der Waals surface area contributed by atoms with Gasteiger partial charge in [-0.15, -0.1) is 0 Å². The predicted octanol–water partition coefficient (Wildman–Crippen LogP) is -0.350. The molecule has 1 aliphatic rings. The number of aliphatic hydroxyl groups is 2. The van der Waals surface area contributed by atoms with Crippen LogP contribution in [0.3, 0.4) is 0 Å². The van der Waals surface area contributed by atoms with Crippen LogP contribution in [0.4, 0.5) is 5.82 Å². The fraction of sp³-hybridized carbons (Fsp3) is 0.714. The van der Waals surface area contributed by atoms with Crippen molar-refractivity contribution < 1.29 is 19.7 Å². The molecule has 0 bridgehead atoms. The summed E-state index contributed by atoms with van der Waals surface area (Å²) in [7, 11) is 0. The van der Waals surface area contributed by atoms with Gasteiger partial charge in [0.05, 0.1) is 12.2 Å². The molecule has 8 nitrogen and oxygen atoms in total. The molecule has 0 aromatic carbocycles. The first-order valence-electron chi connectivity index (χ1n) is 7.06. The Bertz CT molecular complexity index is 597. The van der Waals surface area contributed by atoms with Gasteiger partial charge in [-0.05, 0) is 33.8 Å². The number of aromatic nitrogens is 2. The third-order valence-electron chi connectivity index (χ3n) is 3.55. The lowest BCUT2D eigenvalue weighted by molar-refractivity contribution is -0.154. The van der Waals surface area contributed by atoms with Crippen molar-refractivity contribution in [1.82, 2.24) is 9.55 Å². The minimum Gasteiger partial charge on any atom is -0.387 e. The normalized spacial score (nSPS) is 32.4. The van der Waals surface area contributed by atoms with E-state index in [-0.39, 0.29) is 12.4 Å². The summed E-state index contributed by atoms with van der Waals surface area (Å²) in [6.45, 7) is 7.32. The Morgan fingerprint density at radius 2 is 2.14 bits per heavy atom. The summed E-state index contributed by atoms with van der Waals surface area (Å²) in [6, 6.07) is 1.42. The molecule has 0 radical (unpaired) electrons. The molecule has 0 amide bonds. The molecule has 0 spiro atoms. The molecule has 2 rings (SSSR count). The third kappa shape index (κ3) is 3.30. The van der Waals surface area contributed by atoms with E-state index in [1.807, 2.05) is 20.8 Å². The zero-order chi connectivity index (χ0) is 16.7. The van der Waals surface area contributed by atoms with E-state index in [9.17, 15) is 15.0 Å². The van der Waals surface area contributed by atoms with Crippen LogP contribution in [0.1, 0.15) is 33.9 Å². The molecule has 22 heavy (non-hydrogen) atoms. The number of hydrogen-bond donors (Lipinski definition) is 3. The van der Waals surface area contributed by atoms with Crippen LogP contribution >= 0.6 is 0 Å². The lowest BCUT2D eigenvalue weighted by Crippen LogP contribution is -2.46. The highest BCUT2D eigenvalue weighted by Crippen LogP contribution is 2.37. The predicted molar refractivity (Wildman–Crippen MR) is 79.2 cm³/mol. The molecule has 1 aliphatic heterocycles. The fourth-order valence-corrected chi connectivity index (χ4v) is 2.25. The number of ether oxygens (including phenoxy) is 2. The zero-order valence-corrected chi connectivity index (χ0v) is 13.2. The molecule has 2 heterocycles. The van der Waals surface area contributed by atoms with Gasteiger partial charge in [0.2, 0.25) is 0 Å². The molecule has 1 saturated heterocycles. The van der Waals surface area contributed by atoms with Crippen molar-refractivity contribution >= 4 is 5.82 Å². The van der Waals surface area contributed by atoms with Gasteiger partial charge in [0.15, 0.2) is 6.23 Å². The Morgan fingerprint density at radius 3 is 2.68 bits per heavy atom. The number of nitrogens with two attached hydrogens (primary N) is 1. The molecule has 0 saturated carbocycles. The first-order valence-corrected chi connectivity index (χ1v) is 7.06. The minimum absolute atomic E-state index is 0.0718. The van der Waals surface area contributed by atoms with Crippen LogP contribution < -0.4 is 11.4 Å². The first kappa shape index (κ1) is 16.9. The summed E-state index contributed by atoms with van der Waals surface area (Å²) in [6.07, 6.45) is -2.16. The minimum atomic E-state index is -1.28. The highest BCUT2D eigenvalue weighted by molar-refractivity contribution is 5.23. The van der Waals surface area contributed by atoms with Crippen LogP contribution in [-0.2, 0) is 9.47 Å². The molecule has 124 valence electrons. The molecular weight excluding hydrogens is 290 g/mol. The number of aliphatic hydroxyl groups excluding tert-OH is 2. The van der Waals surface area contributed by atoms with Gasteiger partial charge < -0.3 is 25.4 Å². The van der Waals surface area contributed by atoms with E-state index in [0.717, 1.165) is 4.57 Å². The van der Waals surface area contributed by atoms with Gasteiger partial charge in [-0.3, -0.25) is 4.57 Å². The number of hydrogen-bond acceptors (Lipinski definition) is 7. The van der Waals surface area contributed by atoms with E-state index in [2.05, 4.69) is 4.98 Å². The van der Waals surface area contributed by atoms with Gasteiger partial charge in [0, 0.05) is 6.20 Å². The van der Waals surface area contributed by atoms with Gasteiger partial charge in [-0.2, -0.15) is 4.98 Å². The summed E-state index contributed by atoms with van der Waals surface area (Å²) in [5.41, 5.74) is 3.22. The second kappa shape index (κ2) is 5.62. The zero-order valence-electron chi connectivity index (χ0n) is 13.2. The summed E-state index contributed by atoms with van der Waals surface area (Å²) in [5, 5.41) is 20.5. The van der Waals surface area contributed by atoms with Gasteiger partial charge in [-0.1, -0.05) is 0 Å². The quantitative estimate of drug-likeness (QED) is 0.697. The van der Waals surface area contributed by atoms with Gasteiger partial charge in [0.1, 0.15) is 23.6 Å². The maximum absolute atomic E-state index is 11.9.